The van der Waals surface area contributed by atoms with E-state index in [1.807, 2.05) is 45.8 Å². The molecule has 0 unspecified atom stereocenters. The van der Waals surface area contributed by atoms with Gasteiger partial charge >= 0.3 is 0 Å². The first kappa shape index (κ1) is 11.5. The molecule has 22 heavy (non-hydrogen) atoms. The molecule has 0 aliphatic heterocycles. The Labute approximate surface area is 126 Å². The van der Waals surface area contributed by atoms with Crippen molar-refractivity contribution >= 4 is 11.0 Å². The summed E-state index contributed by atoms with van der Waals surface area (Å²) in [5.41, 5.74) is 5.51. The number of fused-ring (bicyclic) bond motifs is 4. The van der Waals surface area contributed by atoms with Gasteiger partial charge in [-0.3, -0.25) is 0 Å². The van der Waals surface area contributed by atoms with E-state index in [-0.39, 0.29) is 5.75 Å². The highest BCUT2D eigenvalue weighted by molar-refractivity contribution is 5.85. The molecule has 0 atom stereocenters. The van der Waals surface area contributed by atoms with Crippen molar-refractivity contribution < 1.29 is 5.11 Å². The molecule has 0 spiro atoms. The van der Waals surface area contributed by atoms with Crippen molar-refractivity contribution in [1.29, 1.82) is 0 Å². The van der Waals surface area contributed by atoms with Gasteiger partial charge in [0.15, 0.2) is 0 Å². The van der Waals surface area contributed by atoms with E-state index in [9.17, 15) is 5.11 Å². The quantitative estimate of drug-likeness (QED) is 0.526. The van der Waals surface area contributed by atoms with E-state index in [1.54, 1.807) is 6.07 Å². The lowest BCUT2D eigenvalue weighted by Crippen LogP contribution is -1.90. The third-order valence-electron chi connectivity index (χ3n) is 4.12. The van der Waals surface area contributed by atoms with Crippen LogP contribution in [0, 0.1) is 0 Å². The molecule has 5 aromatic rings. The molecular weight excluding hydrogens is 274 g/mol. The van der Waals surface area contributed by atoms with Crippen LogP contribution in [0.1, 0.15) is 0 Å². The van der Waals surface area contributed by atoms with Crippen LogP contribution in [0.5, 0.6) is 5.75 Å². The molecular formula is C18H13N3O. The fourth-order valence-electron chi connectivity index (χ4n) is 2.99. The molecule has 2 heterocycles. The third kappa shape index (κ3) is 1.41. The molecule has 0 aliphatic rings. The predicted molar refractivity (Wildman–Crippen MR) is 86.0 cm³/mol. The molecule has 0 bridgehead atoms. The van der Waals surface area contributed by atoms with Gasteiger partial charge in [0.25, 0.3) is 0 Å². The fourth-order valence-corrected chi connectivity index (χ4v) is 2.99. The Balaban J connectivity index is 1.67. The van der Waals surface area contributed by atoms with Gasteiger partial charge in [0.1, 0.15) is 22.5 Å². The summed E-state index contributed by atoms with van der Waals surface area (Å²) in [6.45, 7) is 0. The molecule has 4 heteroatoms. The second-order valence-corrected chi connectivity index (χ2v) is 5.43. The van der Waals surface area contributed by atoms with Crippen molar-refractivity contribution in [1.82, 2.24) is 14.1 Å². The first-order valence-corrected chi connectivity index (χ1v) is 7.22. The van der Waals surface area contributed by atoms with Crippen LogP contribution in [-0.4, -0.2) is 19.2 Å². The second-order valence-electron chi connectivity index (χ2n) is 5.43. The average molecular weight is 287 g/mol. The summed E-state index contributed by atoms with van der Waals surface area (Å²) in [7, 11) is 0. The molecule has 0 saturated heterocycles. The molecule has 1 N–H and O–H groups in total. The summed E-state index contributed by atoms with van der Waals surface area (Å²) < 4.78 is 4.09. The van der Waals surface area contributed by atoms with Gasteiger partial charge in [-0.05, 0) is 35.4 Å². The lowest BCUT2D eigenvalue weighted by atomic mass is 10.1. The molecule has 3 aromatic carbocycles. The number of phenols is 1. The first-order valence-electron chi connectivity index (χ1n) is 7.22. The Morgan fingerprint density at radius 1 is 0.636 bits per heavy atom. The van der Waals surface area contributed by atoms with Crippen molar-refractivity contribution in [2.45, 2.75) is 0 Å². The highest BCUT2D eigenvalue weighted by Crippen LogP contribution is 2.32. The minimum Gasteiger partial charge on any atom is -0.506 e. The van der Waals surface area contributed by atoms with Crippen molar-refractivity contribution in [3.05, 3.63) is 72.8 Å². The molecule has 0 fully saturated rings. The zero-order valence-electron chi connectivity index (χ0n) is 11.7. The lowest BCUT2D eigenvalue weighted by molar-refractivity contribution is 0.472. The third-order valence-corrected chi connectivity index (χ3v) is 4.12. The smallest absolute Gasteiger partial charge is 0.143 e. The van der Waals surface area contributed by atoms with Crippen LogP contribution in [-0.2, 0) is 0 Å². The zero-order valence-corrected chi connectivity index (χ0v) is 11.7. The van der Waals surface area contributed by atoms with Crippen LogP contribution in [0.2, 0.25) is 0 Å². The molecule has 0 radical (unpaired) electrons. The van der Waals surface area contributed by atoms with E-state index < -0.39 is 0 Å². The van der Waals surface area contributed by atoms with Gasteiger partial charge < -0.3 is 5.11 Å². The van der Waals surface area contributed by atoms with Crippen molar-refractivity contribution in [2.75, 3.05) is 0 Å². The topological polar surface area (TPSA) is 34.0 Å². The number of aromatic nitrogens is 3. The second kappa shape index (κ2) is 3.95. The number of rotatable bonds is 2. The van der Waals surface area contributed by atoms with Crippen LogP contribution < -0.4 is 0 Å². The van der Waals surface area contributed by atoms with E-state index in [0.29, 0.717) is 0 Å². The molecule has 2 aromatic heterocycles. The molecule has 5 rings (SSSR count). The van der Waals surface area contributed by atoms with Crippen LogP contribution >= 0.6 is 0 Å². The summed E-state index contributed by atoms with van der Waals surface area (Å²) in [6.07, 6.45) is 0. The standard InChI is InChI=1S/C18H13N3O/c22-18-9-5-4-8-16(18)20-19-15-11-10-14(12-17(15)21(19)20)13-6-2-1-3-7-13/h1-12,22H. The number of hydrogen-bond donors (Lipinski definition) is 1. The van der Waals surface area contributed by atoms with E-state index >= 15 is 0 Å². The lowest BCUT2D eigenvalue weighted by Gasteiger charge is -2.03. The highest BCUT2D eigenvalue weighted by Gasteiger charge is 2.25. The Kier molecular flexibility index (Phi) is 2.07. The maximum absolute atomic E-state index is 10.0. The summed E-state index contributed by atoms with van der Waals surface area (Å²) in [4.78, 5) is 1.97. The van der Waals surface area contributed by atoms with Gasteiger partial charge in [-0.15, -0.1) is 14.1 Å². The van der Waals surface area contributed by atoms with Gasteiger partial charge in [-0.1, -0.05) is 48.5 Å². The van der Waals surface area contributed by atoms with Crippen molar-refractivity contribution in [3.8, 4) is 22.6 Å². The number of aromatic hydroxyl groups is 1. The maximum atomic E-state index is 10.0. The monoisotopic (exact) mass is 287 g/mol. The number of para-hydroxylation sites is 2. The predicted octanol–water partition coefficient (Wildman–Crippen LogP) is 3.79. The maximum Gasteiger partial charge on any atom is 0.143 e. The van der Waals surface area contributed by atoms with Crippen LogP contribution in [0.4, 0.5) is 0 Å². The molecule has 0 saturated carbocycles. The molecule has 0 amide bonds. The van der Waals surface area contributed by atoms with Gasteiger partial charge in [0.2, 0.25) is 0 Å². The SMILES string of the molecule is Oc1ccccc1-n1n2c3ccc(-c4ccccc4)cc3n12. The van der Waals surface area contributed by atoms with E-state index in [2.05, 4.69) is 35.0 Å². The van der Waals surface area contributed by atoms with Crippen LogP contribution in [0.3, 0.4) is 0 Å². The highest BCUT2D eigenvalue weighted by atomic mass is 16.3. The number of phenolic OH excluding ortho intramolecular Hbond substituents is 1. The van der Waals surface area contributed by atoms with Gasteiger partial charge in [-0.25, -0.2) is 0 Å². The summed E-state index contributed by atoms with van der Waals surface area (Å²) in [5.74, 6) is 0.283. The van der Waals surface area contributed by atoms with Crippen molar-refractivity contribution in [3.63, 3.8) is 0 Å². The Hall–Kier alpha value is -3.14. The van der Waals surface area contributed by atoms with Crippen LogP contribution in [0.15, 0.2) is 72.8 Å². The minimum absolute atomic E-state index is 0.283. The number of benzene rings is 3. The molecule has 0 aliphatic carbocycles. The van der Waals surface area contributed by atoms with E-state index in [4.69, 9.17) is 0 Å². The normalized spacial score (nSPS) is 11.8. The summed E-state index contributed by atoms with van der Waals surface area (Å²) in [6, 6.07) is 24.1. The zero-order chi connectivity index (χ0) is 14.7. The van der Waals surface area contributed by atoms with Gasteiger partial charge in [0.05, 0.1) is 0 Å². The van der Waals surface area contributed by atoms with Crippen molar-refractivity contribution in [2.24, 2.45) is 0 Å². The number of hydrogen-bond acceptors (Lipinski definition) is 1. The first-order chi connectivity index (χ1) is 10.8. The average Bonchev–Trinajstić information content (AvgIpc) is 3.22. The molecule has 106 valence electrons. The Bertz CT molecular complexity index is 1080. The Morgan fingerprint density at radius 2 is 1.36 bits per heavy atom. The van der Waals surface area contributed by atoms with E-state index in [1.165, 1.54) is 11.1 Å². The van der Waals surface area contributed by atoms with E-state index in [0.717, 1.165) is 16.7 Å². The summed E-state index contributed by atoms with van der Waals surface area (Å²) in [5, 5.41) is 10.0. The van der Waals surface area contributed by atoms with Gasteiger partial charge in [0, 0.05) is 0 Å². The number of nitrogens with zero attached hydrogens (tertiary/aromatic N) is 3. The Morgan fingerprint density at radius 3 is 2.18 bits per heavy atom. The molecule has 4 nitrogen and oxygen atoms in total. The minimum atomic E-state index is 0.283. The fraction of sp³-hybridized carbons (Fsp3) is 0. The van der Waals surface area contributed by atoms with Crippen LogP contribution in [0.25, 0.3) is 27.8 Å². The largest absolute Gasteiger partial charge is 0.506 e. The van der Waals surface area contributed by atoms with Gasteiger partial charge in [-0.2, -0.15) is 0 Å². The summed E-state index contributed by atoms with van der Waals surface area (Å²) >= 11 is 0.